The van der Waals surface area contributed by atoms with Crippen LogP contribution in [0, 0.1) is 0 Å². The quantitative estimate of drug-likeness (QED) is 0.142. The highest BCUT2D eigenvalue weighted by Crippen LogP contribution is 2.02. The van der Waals surface area contributed by atoms with Crippen LogP contribution in [0.5, 0.6) is 0 Å². The Morgan fingerprint density at radius 3 is 1.79 bits per heavy atom. The molecule has 0 aromatic carbocycles. The average molecular weight is 331 g/mol. The second kappa shape index (κ2) is 19.2. The molecule has 0 amide bonds. The van der Waals surface area contributed by atoms with Crippen LogP contribution in [0.4, 0.5) is 0 Å². The summed E-state index contributed by atoms with van der Waals surface area (Å²) in [5.74, 6) is -0.208. The van der Waals surface area contributed by atoms with Gasteiger partial charge in [0.25, 0.3) is 0 Å². The molecule has 0 atom stereocenters. The maximum atomic E-state index is 11.1. The monoisotopic (exact) mass is 330 g/mol. The van der Waals surface area contributed by atoms with Crippen molar-refractivity contribution in [1.29, 1.82) is 0 Å². The molecule has 0 radical (unpaired) electrons. The third kappa shape index (κ3) is 18.2. The van der Waals surface area contributed by atoms with Crippen molar-refractivity contribution in [3.8, 4) is 0 Å². The van der Waals surface area contributed by atoms with E-state index >= 15 is 0 Å². The maximum Gasteiger partial charge on any atom is 0.310 e. The Bertz CT molecular complexity index is 414. The number of hydrogen-bond donors (Lipinski definition) is 0. The number of unbranched alkanes of at least 4 members (excludes halogenated alkanes) is 4. The van der Waals surface area contributed by atoms with Crippen molar-refractivity contribution in [3.05, 3.63) is 61.4 Å². The maximum absolute atomic E-state index is 11.1. The van der Waals surface area contributed by atoms with Crippen molar-refractivity contribution in [2.24, 2.45) is 0 Å². The highest BCUT2D eigenvalue weighted by atomic mass is 16.5. The predicted octanol–water partition coefficient (Wildman–Crippen LogP) is 6.82. The van der Waals surface area contributed by atoms with Crippen LogP contribution < -0.4 is 0 Å². The van der Waals surface area contributed by atoms with E-state index < -0.39 is 0 Å². The van der Waals surface area contributed by atoms with Gasteiger partial charge in [-0.1, -0.05) is 75.0 Å². The molecule has 0 heterocycles. The number of carbonyl (C=O) groups excluding carboxylic acids is 1. The Hall–Kier alpha value is -1.83. The molecule has 2 heteroatoms. The summed E-state index contributed by atoms with van der Waals surface area (Å²) in [7, 11) is 0. The number of rotatable bonds is 15. The van der Waals surface area contributed by atoms with Crippen molar-refractivity contribution in [2.75, 3.05) is 0 Å². The van der Waals surface area contributed by atoms with Crippen LogP contribution in [0.1, 0.15) is 71.1 Å². The fraction of sp³-hybridized carbons (Fsp3) is 0.500. The zero-order chi connectivity index (χ0) is 17.7. The first-order valence-corrected chi connectivity index (χ1v) is 9.21. The minimum Gasteiger partial charge on any atom is -0.435 e. The molecule has 0 fully saturated rings. The molecular formula is C22H34O2. The largest absolute Gasteiger partial charge is 0.435 e. The Kier molecular flexibility index (Phi) is 17.8. The molecule has 134 valence electrons. The van der Waals surface area contributed by atoms with Crippen LogP contribution >= 0.6 is 0 Å². The van der Waals surface area contributed by atoms with Gasteiger partial charge in [0.1, 0.15) is 0 Å². The lowest BCUT2D eigenvalue weighted by molar-refractivity contribution is -0.138. The van der Waals surface area contributed by atoms with Crippen LogP contribution in [-0.4, -0.2) is 5.97 Å². The Morgan fingerprint density at radius 1 is 0.792 bits per heavy atom. The third-order valence-corrected chi connectivity index (χ3v) is 3.42. The molecule has 0 bridgehead atoms. The van der Waals surface area contributed by atoms with Gasteiger partial charge in [-0.05, 0) is 44.9 Å². The summed E-state index contributed by atoms with van der Waals surface area (Å²) in [5, 5.41) is 0. The Balaban J connectivity index is 3.45. The second-order valence-electron chi connectivity index (χ2n) is 5.64. The van der Waals surface area contributed by atoms with Crippen LogP contribution in [0.2, 0.25) is 0 Å². The molecule has 0 unspecified atom stereocenters. The first kappa shape index (κ1) is 22.2. The molecule has 0 rings (SSSR count). The third-order valence-electron chi connectivity index (χ3n) is 3.42. The predicted molar refractivity (Wildman–Crippen MR) is 105 cm³/mol. The van der Waals surface area contributed by atoms with E-state index in [1.807, 2.05) is 0 Å². The summed E-state index contributed by atoms with van der Waals surface area (Å²) < 4.78 is 4.65. The minimum atomic E-state index is -0.208. The van der Waals surface area contributed by atoms with Gasteiger partial charge in [0, 0.05) is 6.42 Å². The Labute approximate surface area is 148 Å². The summed E-state index contributed by atoms with van der Waals surface area (Å²) in [6, 6.07) is 0. The molecule has 0 aliphatic heterocycles. The summed E-state index contributed by atoms with van der Waals surface area (Å²) in [4.78, 5) is 11.1. The van der Waals surface area contributed by atoms with E-state index in [4.69, 9.17) is 0 Å². The smallest absolute Gasteiger partial charge is 0.310 e. The highest BCUT2D eigenvalue weighted by Gasteiger charge is 1.97. The summed E-state index contributed by atoms with van der Waals surface area (Å²) in [6.07, 6.45) is 29.1. The first-order valence-electron chi connectivity index (χ1n) is 9.21. The van der Waals surface area contributed by atoms with Crippen LogP contribution in [0.25, 0.3) is 0 Å². The fourth-order valence-electron chi connectivity index (χ4n) is 2.08. The van der Waals surface area contributed by atoms with Crippen molar-refractivity contribution < 1.29 is 9.53 Å². The summed E-state index contributed by atoms with van der Waals surface area (Å²) in [6.45, 7) is 5.59. The summed E-state index contributed by atoms with van der Waals surface area (Å²) in [5.41, 5.74) is 0. The molecule has 0 aliphatic rings. The van der Waals surface area contributed by atoms with Gasteiger partial charge in [-0.25, -0.2) is 0 Å². The van der Waals surface area contributed by atoms with Crippen molar-refractivity contribution in [1.82, 2.24) is 0 Å². The van der Waals surface area contributed by atoms with Crippen molar-refractivity contribution in [2.45, 2.75) is 71.1 Å². The van der Waals surface area contributed by atoms with E-state index in [0.717, 1.165) is 32.1 Å². The lowest BCUT2D eigenvalue weighted by Gasteiger charge is -1.95. The van der Waals surface area contributed by atoms with E-state index in [1.54, 1.807) is 0 Å². The standard InChI is InChI=1S/C22H34O2/c1-3-5-6-7-8-9-10-11-12-13-14-15-16-17-18-19-20-21-22(23)24-4-2/h4,8-9,11-12,14-15,17-18H,2-3,5-7,10,13,16,19-21H2,1H3/b9-8-,12-11-,15-14-,18-17-. The average Bonchev–Trinajstić information content (AvgIpc) is 2.58. The van der Waals surface area contributed by atoms with Gasteiger partial charge in [0.15, 0.2) is 0 Å². The van der Waals surface area contributed by atoms with Gasteiger partial charge in [0.2, 0.25) is 0 Å². The lowest BCUT2D eigenvalue weighted by Crippen LogP contribution is -1.97. The van der Waals surface area contributed by atoms with Crippen molar-refractivity contribution >= 4 is 5.97 Å². The molecule has 0 saturated heterocycles. The molecular weight excluding hydrogens is 296 g/mol. The van der Waals surface area contributed by atoms with Gasteiger partial charge >= 0.3 is 5.97 Å². The SMILES string of the molecule is C=COC(=O)CCC/C=C\C/C=C\C/C=C\C/C=C\CCCCC. The molecule has 0 N–H and O–H groups in total. The van der Waals surface area contributed by atoms with Gasteiger partial charge in [0.05, 0.1) is 6.26 Å². The lowest BCUT2D eigenvalue weighted by atomic mass is 10.2. The van der Waals surface area contributed by atoms with E-state index in [2.05, 4.69) is 66.8 Å². The topological polar surface area (TPSA) is 26.3 Å². The van der Waals surface area contributed by atoms with Crippen molar-refractivity contribution in [3.63, 3.8) is 0 Å². The van der Waals surface area contributed by atoms with Gasteiger partial charge < -0.3 is 4.74 Å². The van der Waals surface area contributed by atoms with Crippen LogP contribution in [-0.2, 0) is 9.53 Å². The fourth-order valence-corrected chi connectivity index (χ4v) is 2.08. The molecule has 0 spiro atoms. The van der Waals surface area contributed by atoms with Crippen LogP contribution in [0.3, 0.4) is 0 Å². The zero-order valence-corrected chi connectivity index (χ0v) is 15.3. The Morgan fingerprint density at radius 2 is 1.29 bits per heavy atom. The number of esters is 1. The van der Waals surface area contributed by atoms with E-state index in [0.29, 0.717) is 6.42 Å². The molecule has 0 aromatic rings. The van der Waals surface area contributed by atoms with Gasteiger partial charge in [-0.2, -0.15) is 0 Å². The molecule has 24 heavy (non-hydrogen) atoms. The highest BCUT2D eigenvalue weighted by molar-refractivity contribution is 5.69. The first-order chi connectivity index (χ1) is 11.8. The second-order valence-corrected chi connectivity index (χ2v) is 5.64. The minimum absolute atomic E-state index is 0.208. The van der Waals surface area contributed by atoms with E-state index in [-0.39, 0.29) is 5.97 Å². The molecule has 2 nitrogen and oxygen atoms in total. The number of hydrogen-bond acceptors (Lipinski definition) is 2. The van der Waals surface area contributed by atoms with Crippen LogP contribution in [0.15, 0.2) is 61.4 Å². The normalized spacial score (nSPS) is 12.0. The van der Waals surface area contributed by atoms with E-state index in [9.17, 15) is 4.79 Å². The number of allylic oxidation sites excluding steroid dienone is 8. The van der Waals surface area contributed by atoms with Gasteiger partial charge in [-0.3, -0.25) is 4.79 Å². The zero-order valence-electron chi connectivity index (χ0n) is 15.3. The van der Waals surface area contributed by atoms with E-state index in [1.165, 1.54) is 31.9 Å². The molecule has 0 aromatic heterocycles. The molecule has 0 saturated carbocycles. The van der Waals surface area contributed by atoms with Gasteiger partial charge in [-0.15, -0.1) is 0 Å². The number of carbonyl (C=O) groups is 1. The molecule has 0 aliphatic carbocycles. The number of ether oxygens (including phenoxy) is 1. The summed E-state index contributed by atoms with van der Waals surface area (Å²) >= 11 is 0.